The highest BCUT2D eigenvalue weighted by Gasteiger charge is 2.19. The Hall–Kier alpha value is -0.760. The van der Waals surface area contributed by atoms with Crippen molar-refractivity contribution >= 4 is 21.8 Å². The molecule has 0 saturated carbocycles. The molecule has 0 aromatic heterocycles. The smallest absolute Gasteiger partial charge is 0.240 e. The van der Waals surface area contributed by atoms with E-state index in [1.165, 1.54) is 12.8 Å². The molecule has 3 N–H and O–H groups in total. The van der Waals surface area contributed by atoms with Crippen molar-refractivity contribution in [3.8, 4) is 5.75 Å². The zero-order valence-corrected chi connectivity index (χ0v) is 13.6. The molecule has 118 valence electrons. The van der Waals surface area contributed by atoms with Gasteiger partial charge in [-0.3, -0.25) is 0 Å². The normalized spacial score (nSPS) is 19.4. The van der Waals surface area contributed by atoms with E-state index in [-0.39, 0.29) is 4.90 Å². The quantitative estimate of drug-likeness (QED) is 0.793. The van der Waals surface area contributed by atoms with Gasteiger partial charge in [0.1, 0.15) is 12.4 Å². The van der Waals surface area contributed by atoms with Crippen LogP contribution < -0.4 is 15.2 Å². The lowest BCUT2D eigenvalue weighted by Crippen LogP contribution is -2.31. The van der Waals surface area contributed by atoms with Crippen molar-refractivity contribution in [2.75, 3.05) is 25.4 Å². The van der Waals surface area contributed by atoms with E-state index in [2.05, 4.69) is 4.72 Å². The average molecular weight is 330 g/mol. The summed E-state index contributed by atoms with van der Waals surface area (Å²) in [4.78, 5) is 0.267. The van der Waals surface area contributed by atoms with E-state index in [1.54, 1.807) is 24.3 Å². The maximum absolute atomic E-state index is 12.2. The molecule has 0 spiro atoms. The number of thioether (sulfide) groups is 1. The van der Waals surface area contributed by atoms with Gasteiger partial charge in [-0.15, -0.1) is 0 Å². The highest BCUT2D eigenvalue weighted by atomic mass is 32.2. The van der Waals surface area contributed by atoms with Gasteiger partial charge < -0.3 is 10.5 Å². The number of ether oxygens (including phenoxy) is 1. The third-order valence-corrected chi connectivity index (χ3v) is 6.13. The van der Waals surface area contributed by atoms with Crippen molar-refractivity contribution in [3.63, 3.8) is 0 Å². The first-order valence-corrected chi connectivity index (χ1v) is 9.69. The molecule has 5 nitrogen and oxygen atoms in total. The number of rotatable bonds is 7. The number of hydrogen-bond donors (Lipinski definition) is 2. The summed E-state index contributed by atoms with van der Waals surface area (Å²) in [5, 5.41) is 0.390. The number of sulfonamides is 1. The fourth-order valence-electron chi connectivity index (χ4n) is 2.15. The third kappa shape index (κ3) is 5.18. The molecule has 1 unspecified atom stereocenters. The van der Waals surface area contributed by atoms with Crippen molar-refractivity contribution in [2.24, 2.45) is 5.73 Å². The van der Waals surface area contributed by atoms with Crippen LogP contribution in [0.4, 0.5) is 0 Å². The number of benzene rings is 1. The molecule has 1 aromatic rings. The van der Waals surface area contributed by atoms with Crippen LogP contribution in [-0.4, -0.2) is 39.1 Å². The highest BCUT2D eigenvalue weighted by Crippen LogP contribution is 2.25. The van der Waals surface area contributed by atoms with Gasteiger partial charge in [0.15, 0.2) is 0 Å². The maximum Gasteiger partial charge on any atom is 0.240 e. The maximum atomic E-state index is 12.2. The van der Waals surface area contributed by atoms with E-state index in [0.717, 1.165) is 12.2 Å². The molecule has 0 radical (unpaired) electrons. The number of hydrogen-bond acceptors (Lipinski definition) is 5. The van der Waals surface area contributed by atoms with Gasteiger partial charge in [0.2, 0.25) is 10.0 Å². The molecule has 1 heterocycles. The summed E-state index contributed by atoms with van der Waals surface area (Å²) < 4.78 is 32.5. The van der Waals surface area contributed by atoms with E-state index >= 15 is 0 Å². The van der Waals surface area contributed by atoms with Crippen LogP contribution >= 0.6 is 11.8 Å². The average Bonchev–Trinajstić information content (AvgIpc) is 2.52. The standard InChI is InChI=1S/C14H22N2O3S2/c15-8-9-19-12-4-6-14(7-5-12)21(17,18)16-11-13-3-1-2-10-20-13/h4-7,13,16H,1-3,8-11,15H2. The second kappa shape index (κ2) is 8.03. The summed E-state index contributed by atoms with van der Waals surface area (Å²) in [6.07, 6.45) is 3.50. The monoisotopic (exact) mass is 330 g/mol. The topological polar surface area (TPSA) is 81.4 Å². The fourth-order valence-corrected chi connectivity index (χ4v) is 4.57. The first-order chi connectivity index (χ1) is 10.1. The summed E-state index contributed by atoms with van der Waals surface area (Å²) >= 11 is 1.85. The van der Waals surface area contributed by atoms with Gasteiger partial charge in [0.25, 0.3) is 0 Å². The third-order valence-electron chi connectivity index (χ3n) is 3.30. The van der Waals surface area contributed by atoms with Gasteiger partial charge in [0, 0.05) is 18.3 Å². The zero-order valence-electron chi connectivity index (χ0n) is 12.0. The SMILES string of the molecule is NCCOc1ccc(S(=O)(=O)NCC2CCCCS2)cc1. The first-order valence-electron chi connectivity index (χ1n) is 7.16. The molecular weight excluding hydrogens is 308 g/mol. The summed E-state index contributed by atoms with van der Waals surface area (Å²) in [5.41, 5.74) is 5.35. The Morgan fingerprint density at radius 3 is 2.67 bits per heavy atom. The second-order valence-electron chi connectivity index (χ2n) is 4.95. The molecule has 1 aromatic carbocycles. The van der Waals surface area contributed by atoms with Gasteiger partial charge in [-0.2, -0.15) is 11.8 Å². The van der Waals surface area contributed by atoms with Crippen LogP contribution in [0.2, 0.25) is 0 Å². The summed E-state index contributed by atoms with van der Waals surface area (Å²) in [5.74, 6) is 1.75. The molecule has 21 heavy (non-hydrogen) atoms. The van der Waals surface area contributed by atoms with E-state index in [4.69, 9.17) is 10.5 Å². The van der Waals surface area contributed by atoms with Gasteiger partial charge in [-0.05, 0) is 42.9 Å². The predicted molar refractivity (Wildman–Crippen MR) is 86.3 cm³/mol. The van der Waals surface area contributed by atoms with Crippen LogP contribution in [0, 0.1) is 0 Å². The molecular formula is C14H22N2O3S2. The van der Waals surface area contributed by atoms with Crippen LogP contribution in [0.25, 0.3) is 0 Å². The van der Waals surface area contributed by atoms with Crippen LogP contribution in [0.15, 0.2) is 29.2 Å². The molecule has 2 rings (SSSR count). The Morgan fingerprint density at radius 2 is 2.05 bits per heavy atom. The van der Waals surface area contributed by atoms with E-state index < -0.39 is 10.0 Å². The van der Waals surface area contributed by atoms with Gasteiger partial charge >= 0.3 is 0 Å². The lowest BCUT2D eigenvalue weighted by Gasteiger charge is -2.21. The van der Waals surface area contributed by atoms with Crippen LogP contribution in [0.1, 0.15) is 19.3 Å². The van der Waals surface area contributed by atoms with E-state index in [0.29, 0.717) is 30.7 Å². The van der Waals surface area contributed by atoms with Crippen molar-refractivity contribution < 1.29 is 13.2 Å². The predicted octanol–water partition coefficient (Wildman–Crippen LogP) is 1.59. The molecule has 0 amide bonds. The van der Waals surface area contributed by atoms with E-state index in [1.807, 2.05) is 11.8 Å². The largest absolute Gasteiger partial charge is 0.492 e. The Morgan fingerprint density at radius 1 is 1.29 bits per heavy atom. The lowest BCUT2D eigenvalue weighted by molar-refractivity contribution is 0.328. The number of nitrogens with two attached hydrogens (primary N) is 1. The zero-order chi connectivity index (χ0) is 15.1. The molecule has 1 fully saturated rings. The minimum Gasteiger partial charge on any atom is -0.492 e. The fraction of sp³-hybridized carbons (Fsp3) is 0.571. The van der Waals surface area contributed by atoms with Crippen molar-refractivity contribution in [1.82, 2.24) is 4.72 Å². The molecule has 1 aliphatic heterocycles. The number of nitrogens with one attached hydrogen (secondary N) is 1. The van der Waals surface area contributed by atoms with Crippen molar-refractivity contribution in [3.05, 3.63) is 24.3 Å². The minimum atomic E-state index is -3.44. The highest BCUT2D eigenvalue weighted by molar-refractivity contribution is 8.00. The molecule has 7 heteroatoms. The Labute approximate surface area is 130 Å². The van der Waals surface area contributed by atoms with Crippen LogP contribution in [0.5, 0.6) is 5.75 Å². The molecule has 1 aliphatic rings. The van der Waals surface area contributed by atoms with Crippen molar-refractivity contribution in [1.29, 1.82) is 0 Å². The van der Waals surface area contributed by atoms with E-state index in [9.17, 15) is 8.42 Å². The summed E-state index contributed by atoms with van der Waals surface area (Å²) in [6.45, 7) is 1.35. The van der Waals surface area contributed by atoms with Crippen LogP contribution in [0.3, 0.4) is 0 Å². The second-order valence-corrected chi connectivity index (χ2v) is 8.12. The lowest BCUT2D eigenvalue weighted by atomic mass is 10.2. The molecule has 1 atom stereocenters. The molecule has 0 aliphatic carbocycles. The summed E-state index contributed by atoms with van der Waals surface area (Å²) in [7, 11) is -3.44. The van der Waals surface area contributed by atoms with Crippen LogP contribution in [-0.2, 0) is 10.0 Å². The van der Waals surface area contributed by atoms with Crippen molar-refractivity contribution in [2.45, 2.75) is 29.4 Å². The Balaban J connectivity index is 1.91. The van der Waals surface area contributed by atoms with Gasteiger partial charge in [-0.25, -0.2) is 13.1 Å². The van der Waals surface area contributed by atoms with Gasteiger partial charge in [0.05, 0.1) is 4.90 Å². The minimum absolute atomic E-state index is 0.267. The Kier molecular flexibility index (Phi) is 6.35. The first kappa shape index (κ1) is 16.6. The molecule has 0 bridgehead atoms. The van der Waals surface area contributed by atoms with Gasteiger partial charge in [-0.1, -0.05) is 6.42 Å². The molecule has 1 saturated heterocycles. The Bertz CT molecular complexity index is 526. The summed E-state index contributed by atoms with van der Waals surface area (Å²) in [6, 6.07) is 6.42.